The molecule has 2 heterocycles. The van der Waals surface area contributed by atoms with Gasteiger partial charge < -0.3 is 10.0 Å². The van der Waals surface area contributed by atoms with E-state index in [1.807, 2.05) is 24.3 Å². The maximum Gasteiger partial charge on any atom is 0.323 e. The Morgan fingerprint density at radius 2 is 2.09 bits per heavy atom. The van der Waals surface area contributed by atoms with Crippen molar-refractivity contribution in [3.63, 3.8) is 0 Å². The molecule has 1 aromatic carbocycles. The van der Waals surface area contributed by atoms with Crippen LogP contribution in [-0.4, -0.2) is 38.9 Å². The smallest absolute Gasteiger partial charge is 0.323 e. The number of hydrogen-bond acceptors (Lipinski definition) is 3. The molecule has 1 aliphatic heterocycles. The summed E-state index contributed by atoms with van der Waals surface area (Å²) in [5, 5.41) is 17.6. The second kappa shape index (κ2) is 5.73. The number of halogens is 1. The highest BCUT2D eigenvalue weighted by Crippen LogP contribution is 2.32. The van der Waals surface area contributed by atoms with Crippen molar-refractivity contribution in [2.45, 2.75) is 12.0 Å². The second-order valence-electron chi connectivity index (χ2n) is 5.51. The quantitative estimate of drug-likeness (QED) is 0.858. The predicted molar refractivity (Wildman–Crippen MR) is 86.5 cm³/mol. The highest BCUT2D eigenvalue weighted by atomic mass is 79.9. The number of carbonyl (C=O) groups is 1. The lowest BCUT2D eigenvalue weighted by atomic mass is 9.93. The third-order valence-corrected chi connectivity index (χ3v) is 4.39. The molecule has 1 aliphatic rings. The van der Waals surface area contributed by atoms with E-state index >= 15 is 0 Å². The Morgan fingerprint density at radius 1 is 1.36 bits per heavy atom. The van der Waals surface area contributed by atoms with E-state index in [1.54, 1.807) is 28.9 Å². The summed E-state index contributed by atoms with van der Waals surface area (Å²) in [4.78, 5) is 13.9. The summed E-state index contributed by atoms with van der Waals surface area (Å²) >= 11 is 3.38. The van der Waals surface area contributed by atoms with Crippen LogP contribution in [-0.2, 0) is 12.6 Å². The van der Waals surface area contributed by atoms with Crippen LogP contribution >= 0.6 is 15.9 Å². The molecular weight excluding hydrogens is 348 g/mol. The number of rotatable bonds is 2. The fraction of sp³-hybridized carbons (Fsp3) is 0.333. The molecule has 1 atom stereocenters. The summed E-state index contributed by atoms with van der Waals surface area (Å²) in [5.74, 6) is 0.506. The number of urea groups is 1. The monoisotopic (exact) mass is 364 g/mol. The number of aliphatic hydroxyl groups is 1. The molecule has 0 aliphatic carbocycles. The van der Waals surface area contributed by atoms with E-state index in [-0.39, 0.29) is 12.6 Å². The summed E-state index contributed by atoms with van der Waals surface area (Å²) in [6, 6.07) is 9.03. The topological polar surface area (TPSA) is 70.4 Å². The summed E-state index contributed by atoms with van der Waals surface area (Å²) < 4.78 is 2.58. The number of nitrogens with zero attached hydrogens (tertiary/aromatic N) is 3. The normalized spacial score (nSPS) is 21.1. The van der Waals surface area contributed by atoms with E-state index in [0.29, 0.717) is 18.8 Å². The minimum absolute atomic E-state index is 0.244. The zero-order valence-corrected chi connectivity index (χ0v) is 13.7. The lowest BCUT2D eigenvalue weighted by molar-refractivity contribution is 0.0500. The van der Waals surface area contributed by atoms with Gasteiger partial charge in [0.15, 0.2) is 5.82 Å². The average Bonchev–Trinajstić information content (AvgIpc) is 3.07. The molecule has 1 aromatic heterocycles. The maximum absolute atomic E-state index is 12.2. The number of β-amino-alcohol motifs (C(OH)–C–C–N with tert-alkyl or cyclic N) is 1. The first-order chi connectivity index (χ1) is 10.5. The van der Waals surface area contributed by atoms with E-state index in [1.165, 1.54) is 0 Å². The van der Waals surface area contributed by atoms with E-state index in [4.69, 9.17) is 0 Å². The van der Waals surface area contributed by atoms with Crippen LogP contribution in [0.3, 0.4) is 0 Å². The number of amides is 2. The molecule has 116 valence electrons. The Hall–Kier alpha value is -1.86. The lowest BCUT2D eigenvalue weighted by Gasteiger charge is -2.24. The minimum Gasteiger partial charge on any atom is -0.383 e. The number of nitrogens with one attached hydrogen (secondary N) is 1. The molecule has 0 saturated carbocycles. The summed E-state index contributed by atoms with van der Waals surface area (Å²) in [7, 11) is 1.79. The van der Waals surface area contributed by atoms with Gasteiger partial charge in [-0.25, -0.2) is 4.79 Å². The molecule has 6 nitrogen and oxygen atoms in total. The lowest BCUT2D eigenvalue weighted by Crippen LogP contribution is -2.37. The molecule has 0 spiro atoms. The van der Waals surface area contributed by atoms with Crippen LogP contribution in [0.25, 0.3) is 0 Å². The van der Waals surface area contributed by atoms with Crippen LogP contribution in [0, 0.1) is 0 Å². The van der Waals surface area contributed by atoms with Crippen LogP contribution in [0.5, 0.6) is 0 Å². The third-order valence-electron chi connectivity index (χ3n) is 3.87. The zero-order chi connectivity index (χ0) is 15.7. The van der Waals surface area contributed by atoms with Gasteiger partial charge in [-0.05, 0) is 24.1 Å². The van der Waals surface area contributed by atoms with Crippen molar-refractivity contribution in [1.29, 1.82) is 0 Å². The Morgan fingerprint density at radius 3 is 2.73 bits per heavy atom. The summed E-state index contributed by atoms with van der Waals surface area (Å²) in [6.45, 7) is 0.776. The number of carbonyl (C=O) groups excluding carboxylic acids is 1. The predicted octanol–water partition coefficient (Wildman–Crippen LogP) is 2.31. The fourth-order valence-corrected chi connectivity index (χ4v) is 2.90. The first-order valence-electron chi connectivity index (χ1n) is 7.00. The first kappa shape index (κ1) is 15.1. The van der Waals surface area contributed by atoms with Gasteiger partial charge in [0, 0.05) is 30.3 Å². The molecular formula is C15H17BrN4O2. The number of likely N-dealkylation sites (tertiary alicyclic amines) is 1. The molecule has 22 heavy (non-hydrogen) atoms. The first-order valence-corrected chi connectivity index (χ1v) is 7.80. The van der Waals surface area contributed by atoms with Gasteiger partial charge in [-0.15, -0.1) is 0 Å². The summed E-state index contributed by atoms with van der Waals surface area (Å²) in [5.41, 5.74) is -0.175. The third kappa shape index (κ3) is 3.00. The standard InChI is InChI=1S/C15H17BrN4O2/c1-19-8-6-13(18-19)17-14(21)20-9-7-15(22,10-20)11-2-4-12(16)5-3-11/h2-6,8,22H,7,9-10H2,1H3,(H,17,18,21). The van der Waals surface area contributed by atoms with Crippen molar-refractivity contribution in [3.8, 4) is 0 Å². The zero-order valence-electron chi connectivity index (χ0n) is 12.2. The maximum atomic E-state index is 12.2. The van der Waals surface area contributed by atoms with Crippen molar-refractivity contribution < 1.29 is 9.90 Å². The van der Waals surface area contributed by atoms with Gasteiger partial charge in [-0.3, -0.25) is 10.00 Å². The van der Waals surface area contributed by atoms with Gasteiger partial charge in [0.05, 0.1) is 6.54 Å². The Kier molecular flexibility index (Phi) is 3.92. The van der Waals surface area contributed by atoms with E-state index in [0.717, 1.165) is 10.0 Å². The summed E-state index contributed by atoms with van der Waals surface area (Å²) in [6.07, 6.45) is 2.28. The van der Waals surface area contributed by atoms with Crippen LogP contribution in [0.4, 0.5) is 10.6 Å². The minimum atomic E-state index is -0.998. The van der Waals surface area contributed by atoms with E-state index < -0.39 is 5.60 Å². The number of aryl methyl sites for hydroxylation is 1. The van der Waals surface area contributed by atoms with E-state index in [2.05, 4.69) is 26.3 Å². The molecule has 7 heteroatoms. The van der Waals surface area contributed by atoms with Gasteiger partial charge in [-0.2, -0.15) is 5.10 Å². The van der Waals surface area contributed by atoms with Crippen molar-refractivity contribution in [1.82, 2.24) is 14.7 Å². The van der Waals surface area contributed by atoms with Crippen LogP contribution in [0.2, 0.25) is 0 Å². The average molecular weight is 365 g/mol. The van der Waals surface area contributed by atoms with Gasteiger partial charge in [0.2, 0.25) is 0 Å². The van der Waals surface area contributed by atoms with E-state index in [9.17, 15) is 9.90 Å². The highest BCUT2D eigenvalue weighted by Gasteiger charge is 2.39. The molecule has 1 unspecified atom stereocenters. The van der Waals surface area contributed by atoms with Crippen molar-refractivity contribution >= 4 is 27.8 Å². The Labute approximate surface area is 136 Å². The fourth-order valence-electron chi connectivity index (χ4n) is 2.63. The molecule has 2 amide bonds. The molecule has 1 saturated heterocycles. The van der Waals surface area contributed by atoms with Gasteiger partial charge in [0.25, 0.3) is 0 Å². The van der Waals surface area contributed by atoms with Crippen molar-refractivity contribution in [3.05, 3.63) is 46.6 Å². The second-order valence-corrected chi connectivity index (χ2v) is 6.43. The molecule has 0 radical (unpaired) electrons. The van der Waals surface area contributed by atoms with Crippen LogP contribution in [0.1, 0.15) is 12.0 Å². The molecule has 1 fully saturated rings. The SMILES string of the molecule is Cn1ccc(NC(=O)N2CCC(O)(c3ccc(Br)cc3)C2)n1. The van der Waals surface area contributed by atoms with Gasteiger partial charge in [0.1, 0.15) is 5.60 Å². The Bertz CT molecular complexity index is 685. The van der Waals surface area contributed by atoms with Crippen molar-refractivity contribution in [2.24, 2.45) is 7.05 Å². The Balaban J connectivity index is 1.68. The number of hydrogen-bond donors (Lipinski definition) is 2. The number of aromatic nitrogens is 2. The van der Waals surface area contributed by atoms with Gasteiger partial charge in [-0.1, -0.05) is 28.1 Å². The molecule has 2 N–H and O–H groups in total. The largest absolute Gasteiger partial charge is 0.383 e. The molecule has 3 rings (SSSR count). The van der Waals surface area contributed by atoms with Crippen LogP contribution < -0.4 is 5.32 Å². The molecule has 2 aromatic rings. The van der Waals surface area contributed by atoms with Crippen LogP contribution in [0.15, 0.2) is 41.0 Å². The van der Waals surface area contributed by atoms with Crippen molar-refractivity contribution in [2.75, 3.05) is 18.4 Å². The molecule has 0 bridgehead atoms. The number of benzene rings is 1. The highest BCUT2D eigenvalue weighted by molar-refractivity contribution is 9.10. The number of anilines is 1. The van der Waals surface area contributed by atoms with Gasteiger partial charge >= 0.3 is 6.03 Å².